The maximum Gasteiger partial charge on any atom is 0.345 e. The maximum atomic E-state index is 12.3. The highest BCUT2D eigenvalue weighted by Crippen LogP contribution is 2.34. The number of benzene rings is 2. The molecule has 2 aromatic rings. The quantitative estimate of drug-likeness (QED) is 0.450. The van der Waals surface area contributed by atoms with Gasteiger partial charge in [0, 0.05) is 11.8 Å². The van der Waals surface area contributed by atoms with Gasteiger partial charge in [0.05, 0.1) is 25.2 Å². The Labute approximate surface area is 155 Å². The summed E-state index contributed by atoms with van der Waals surface area (Å²) in [7, 11) is 2.64. The molecule has 0 saturated carbocycles. The van der Waals surface area contributed by atoms with Crippen LogP contribution in [0.5, 0.6) is 11.5 Å². The Bertz CT molecular complexity index is 880. The Kier molecular flexibility index (Phi) is 6.32. The third-order valence-electron chi connectivity index (χ3n) is 3.67. The highest BCUT2D eigenvalue weighted by Gasteiger charge is 2.26. The zero-order valence-electron chi connectivity index (χ0n) is 15.0. The van der Waals surface area contributed by atoms with Gasteiger partial charge in [-0.1, -0.05) is 18.2 Å². The van der Waals surface area contributed by atoms with E-state index >= 15 is 0 Å². The van der Waals surface area contributed by atoms with Crippen molar-refractivity contribution >= 4 is 23.3 Å². The van der Waals surface area contributed by atoms with Gasteiger partial charge in [0.2, 0.25) is 0 Å². The molecule has 0 spiro atoms. The molecule has 9 heteroatoms. The zero-order chi connectivity index (χ0) is 20.0. The van der Waals surface area contributed by atoms with Gasteiger partial charge < -0.3 is 19.5 Å². The number of nitrogens with zero attached hydrogens (tertiary/aromatic N) is 1. The molecule has 0 unspecified atom stereocenters. The van der Waals surface area contributed by atoms with E-state index in [2.05, 4.69) is 5.32 Å². The summed E-state index contributed by atoms with van der Waals surface area (Å²) in [5.41, 5.74) is 0.557. The van der Waals surface area contributed by atoms with Crippen LogP contribution in [0.25, 0.3) is 0 Å². The second-order valence-electron chi connectivity index (χ2n) is 5.42. The molecule has 142 valence electrons. The van der Waals surface area contributed by atoms with Gasteiger partial charge in [0.25, 0.3) is 11.6 Å². The van der Waals surface area contributed by atoms with Crippen LogP contribution in [0.15, 0.2) is 36.4 Å². The monoisotopic (exact) mass is 374 g/mol. The largest absolute Gasteiger partial charge is 0.493 e. The van der Waals surface area contributed by atoms with Crippen molar-refractivity contribution in [3.63, 3.8) is 0 Å². The average molecular weight is 374 g/mol. The number of para-hydroxylation sites is 1. The van der Waals surface area contributed by atoms with Gasteiger partial charge in [-0.2, -0.15) is 0 Å². The lowest BCUT2D eigenvalue weighted by atomic mass is 10.1. The lowest BCUT2D eigenvalue weighted by Crippen LogP contribution is -2.21. The second-order valence-corrected chi connectivity index (χ2v) is 5.42. The molecule has 2 aromatic carbocycles. The first-order valence-electron chi connectivity index (χ1n) is 7.80. The molecule has 0 aliphatic carbocycles. The maximum absolute atomic E-state index is 12.3. The Morgan fingerprint density at radius 2 is 1.74 bits per heavy atom. The number of nitro benzene ring substituents is 1. The van der Waals surface area contributed by atoms with E-state index in [4.69, 9.17) is 14.2 Å². The third kappa shape index (κ3) is 4.72. The molecule has 1 amide bonds. The molecule has 0 aliphatic heterocycles. The van der Waals surface area contributed by atoms with Crippen LogP contribution in [0.1, 0.15) is 15.9 Å². The molecule has 0 heterocycles. The topological polar surface area (TPSA) is 117 Å². The van der Waals surface area contributed by atoms with Crippen LogP contribution in [0.3, 0.4) is 0 Å². The Morgan fingerprint density at radius 3 is 2.33 bits per heavy atom. The number of hydrogen-bond donors (Lipinski definition) is 1. The van der Waals surface area contributed by atoms with Gasteiger partial charge in [-0.15, -0.1) is 0 Å². The van der Waals surface area contributed by atoms with Crippen molar-refractivity contribution in [2.45, 2.75) is 6.92 Å². The van der Waals surface area contributed by atoms with E-state index in [-0.39, 0.29) is 17.1 Å². The Hall–Kier alpha value is -3.62. The van der Waals surface area contributed by atoms with Crippen molar-refractivity contribution in [1.82, 2.24) is 0 Å². The minimum Gasteiger partial charge on any atom is -0.493 e. The van der Waals surface area contributed by atoms with Crippen molar-refractivity contribution in [1.29, 1.82) is 0 Å². The van der Waals surface area contributed by atoms with Gasteiger partial charge in [0.1, 0.15) is 5.56 Å². The van der Waals surface area contributed by atoms with Crippen molar-refractivity contribution in [2.24, 2.45) is 0 Å². The molecule has 0 fully saturated rings. The number of rotatable bonds is 7. The predicted molar refractivity (Wildman–Crippen MR) is 96.3 cm³/mol. The van der Waals surface area contributed by atoms with Crippen LogP contribution in [-0.2, 0) is 9.53 Å². The fourth-order valence-electron chi connectivity index (χ4n) is 2.29. The number of nitro groups is 1. The standard InChI is InChI=1S/C18H18N2O7/c1-11-6-4-5-7-13(11)19-17(21)10-27-18(22)12-8-15(25-2)16(26-3)9-14(12)20(23)24/h4-9H,10H2,1-3H3,(H,19,21). The first-order chi connectivity index (χ1) is 12.9. The van der Waals surface area contributed by atoms with Crippen molar-refractivity contribution < 1.29 is 28.7 Å². The molecule has 0 atom stereocenters. The van der Waals surface area contributed by atoms with E-state index in [0.29, 0.717) is 5.69 Å². The number of amides is 1. The number of methoxy groups -OCH3 is 2. The minimum absolute atomic E-state index is 0.0954. The predicted octanol–water partition coefficient (Wildman–Crippen LogP) is 2.72. The SMILES string of the molecule is COc1cc(C(=O)OCC(=O)Nc2ccccc2C)c([N+](=O)[O-])cc1OC. The number of anilines is 1. The molecule has 0 saturated heterocycles. The highest BCUT2D eigenvalue weighted by atomic mass is 16.6. The summed E-state index contributed by atoms with van der Waals surface area (Å²) in [6, 6.07) is 9.28. The first-order valence-corrected chi connectivity index (χ1v) is 7.80. The number of carbonyl (C=O) groups is 2. The van der Waals surface area contributed by atoms with E-state index < -0.39 is 29.1 Å². The summed E-state index contributed by atoms with van der Waals surface area (Å²) in [5.74, 6) is -1.37. The molecule has 1 N–H and O–H groups in total. The molecule has 2 rings (SSSR count). The smallest absolute Gasteiger partial charge is 0.345 e. The van der Waals surface area contributed by atoms with Gasteiger partial charge in [-0.05, 0) is 18.6 Å². The van der Waals surface area contributed by atoms with Crippen LogP contribution < -0.4 is 14.8 Å². The van der Waals surface area contributed by atoms with Crippen LogP contribution in [0.2, 0.25) is 0 Å². The average Bonchev–Trinajstić information content (AvgIpc) is 2.66. The lowest BCUT2D eigenvalue weighted by Gasteiger charge is -2.11. The number of aryl methyl sites for hydroxylation is 1. The van der Waals surface area contributed by atoms with E-state index in [9.17, 15) is 19.7 Å². The van der Waals surface area contributed by atoms with E-state index in [0.717, 1.165) is 17.7 Å². The summed E-state index contributed by atoms with van der Waals surface area (Å²) in [4.78, 5) is 34.7. The number of ether oxygens (including phenoxy) is 3. The molecular formula is C18H18N2O7. The van der Waals surface area contributed by atoms with Gasteiger partial charge in [-0.25, -0.2) is 4.79 Å². The van der Waals surface area contributed by atoms with Crippen molar-refractivity contribution in [3.05, 3.63) is 57.6 Å². The lowest BCUT2D eigenvalue weighted by molar-refractivity contribution is -0.385. The number of esters is 1. The molecule has 9 nitrogen and oxygen atoms in total. The van der Waals surface area contributed by atoms with Crippen LogP contribution in [0, 0.1) is 17.0 Å². The molecule has 0 aromatic heterocycles. The van der Waals surface area contributed by atoms with Crippen LogP contribution in [-0.4, -0.2) is 37.6 Å². The molecule has 27 heavy (non-hydrogen) atoms. The Morgan fingerprint density at radius 1 is 1.11 bits per heavy atom. The van der Waals surface area contributed by atoms with Crippen LogP contribution >= 0.6 is 0 Å². The minimum atomic E-state index is -1.03. The Balaban J connectivity index is 2.14. The molecule has 0 aliphatic rings. The fourth-order valence-corrected chi connectivity index (χ4v) is 2.29. The molecule has 0 radical (unpaired) electrons. The second kappa shape index (κ2) is 8.65. The van der Waals surface area contributed by atoms with Crippen LogP contribution in [0.4, 0.5) is 11.4 Å². The summed E-state index contributed by atoms with van der Waals surface area (Å²) >= 11 is 0. The number of hydrogen-bond acceptors (Lipinski definition) is 7. The number of nitrogens with one attached hydrogen (secondary N) is 1. The summed E-state index contributed by atoms with van der Waals surface area (Å²) in [5, 5.41) is 13.8. The number of carbonyl (C=O) groups excluding carboxylic acids is 2. The van der Waals surface area contributed by atoms with Gasteiger partial charge in [0.15, 0.2) is 18.1 Å². The summed E-state index contributed by atoms with van der Waals surface area (Å²) in [6.45, 7) is 1.22. The first kappa shape index (κ1) is 19.7. The summed E-state index contributed by atoms with van der Waals surface area (Å²) in [6.07, 6.45) is 0. The van der Waals surface area contributed by atoms with Gasteiger partial charge in [-0.3, -0.25) is 14.9 Å². The van der Waals surface area contributed by atoms with Crippen molar-refractivity contribution in [2.75, 3.05) is 26.1 Å². The van der Waals surface area contributed by atoms with E-state index in [1.807, 2.05) is 19.1 Å². The fraction of sp³-hybridized carbons (Fsp3) is 0.222. The highest BCUT2D eigenvalue weighted by molar-refractivity contribution is 5.98. The summed E-state index contributed by atoms with van der Waals surface area (Å²) < 4.78 is 15.0. The van der Waals surface area contributed by atoms with Crippen molar-refractivity contribution in [3.8, 4) is 11.5 Å². The molecule has 0 bridgehead atoms. The third-order valence-corrected chi connectivity index (χ3v) is 3.67. The molecular weight excluding hydrogens is 356 g/mol. The van der Waals surface area contributed by atoms with E-state index in [1.165, 1.54) is 14.2 Å². The normalized spacial score (nSPS) is 10.0. The zero-order valence-corrected chi connectivity index (χ0v) is 15.0. The van der Waals surface area contributed by atoms with E-state index in [1.54, 1.807) is 12.1 Å². The van der Waals surface area contributed by atoms with Gasteiger partial charge >= 0.3 is 5.97 Å².